The third-order valence-electron chi connectivity index (χ3n) is 2.55. The molecule has 1 aromatic carbocycles. The van der Waals surface area contributed by atoms with Crippen molar-refractivity contribution in [2.75, 3.05) is 18.0 Å². The predicted octanol–water partition coefficient (Wildman–Crippen LogP) is 3.20. The molecule has 0 aliphatic carbocycles. The third kappa shape index (κ3) is 1.98. The van der Waals surface area contributed by atoms with E-state index in [9.17, 15) is 0 Å². The number of benzene rings is 1. The Labute approximate surface area is 93.3 Å². The van der Waals surface area contributed by atoms with Crippen LogP contribution < -0.4 is 4.90 Å². The van der Waals surface area contributed by atoms with Crippen LogP contribution in [0.1, 0.15) is 18.4 Å². The topological polar surface area (TPSA) is 3.24 Å². The van der Waals surface area contributed by atoms with Gasteiger partial charge in [-0.05, 0) is 60.1 Å². The van der Waals surface area contributed by atoms with Crippen molar-refractivity contribution in [3.8, 4) is 0 Å². The van der Waals surface area contributed by atoms with Crippen LogP contribution in [0.4, 0.5) is 5.69 Å². The summed E-state index contributed by atoms with van der Waals surface area (Å²) in [6, 6.07) is 6.71. The minimum atomic E-state index is 1.24. The molecule has 1 saturated heterocycles. The molecule has 0 aromatic heterocycles. The summed E-state index contributed by atoms with van der Waals surface area (Å²) >= 11 is 2.43. The lowest BCUT2D eigenvalue weighted by Gasteiger charge is -2.19. The van der Waals surface area contributed by atoms with Crippen LogP contribution in [0.3, 0.4) is 0 Å². The summed E-state index contributed by atoms with van der Waals surface area (Å²) in [5.74, 6) is 0. The molecule has 13 heavy (non-hydrogen) atoms. The van der Waals surface area contributed by atoms with Gasteiger partial charge in [-0.15, -0.1) is 0 Å². The van der Waals surface area contributed by atoms with Crippen molar-refractivity contribution in [3.05, 3.63) is 27.3 Å². The van der Waals surface area contributed by atoms with Crippen molar-refractivity contribution >= 4 is 28.3 Å². The van der Waals surface area contributed by atoms with Crippen molar-refractivity contribution in [1.29, 1.82) is 0 Å². The first-order valence-corrected chi connectivity index (χ1v) is 5.86. The maximum absolute atomic E-state index is 2.49. The maximum atomic E-state index is 2.49. The van der Waals surface area contributed by atoms with Crippen LogP contribution in [0.5, 0.6) is 0 Å². The second kappa shape index (κ2) is 3.86. The fourth-order valence-corrected chi connectivity index (χ4v) is 2.84. The highest BCUT2D eigenvalue weighted by Crippen LogP contribution is 2.26. The smallest absolute Gasteiger partial charge is 0.0502 e. The van der Waals surface area contributed by atoms with Crippen molar-refractivity contribution < 1.29 is 0 Å². The summed E-state index contributed by atoms with van der Waals surface area (Å²) in [7, 11) is 0. The summed E-state index contributed by atoms with van der Waals surface area (Å²) in [5, 5.41) is 0. The molecule has 70 valence electrons. The third-order valence-corrected chi connectivity index (χ3v) is 3.41. The molecule has 0 amide bonds. The molecule has 0 N–H and O–H groups in total. The second-order valence-corrected chi connectivity index (χ2v) is 4.81. The number of hydrogen-bond acceptors (Lipinski definition) is 1. The number of nitrogens with zero attached hydrogens (tertiary/aromatic N) is 1. The molecule has 0 radical (unpaired) electrons. The van der Waals surface area contributed by atoms with Gasteiger partial charge in [-0.2, -0.15) is 0 Å². The fourth-order valence-electron chi connectivity index (χ4n) is 1.83. The van der Waals surface area contributed by atoms with Crippen molar-refractivity contribution in [1.82, 2.24) is 0 Å². The van der Waals surface area contributed by atoms with Gasteiger partial charge in [0.15, 0.2) is 0 Å². The maximum Gasteiger partial charge on any atom is 0.0502 e. The van der Waals surface area contributed by atoms with Crippen LogP contribution in [-0.4, -0.2) is 13.1 Å². The van der Waals surface area contributed by atoms with E-state index in [1.165, 1.54) is 40.8 Å². The van der Waals surface area contributed by atoms with E-state index >= 15 is 0 Å². The van der Waals surface area contributed by atoms with Crippen LogP contribution in [0.25, 0.3) is 0 Å². The Morgan fingerprint density at radius 2 is 1.92 bits per heavy atom. The minimum Gasteiger partial charge on any atom is -0.371 e. The Balaban J connectivity index is 2.29. The summed E-state index contributed by atoms with van der Waals surface area (Å²) < 4.78 is 1.39. The molecule has 1 fully saturated rings. The van der Waals surface area contributed by atoms with Crippen LogP contribution in [0.15, 0.2) is 18.2 Å². The van der Waals surface area contributed by atoms with Gasteiger partial charge in [-0.3, -0.25) is 0 Å². The van der Waals surface area contributed by atoms with Gasteiger partial charge in [-0.25, -0.2) is 0 Å². The van der Waals surface area contributed by atoms with Gasteiger partial charge in [-0.1, -0.05) is 6.07 Å². The first-order valence-electron chi connectivity index (χ1n) is 4.78. The molecule has 0 unspecified atom stereocenters. The molecule has 2 heteroatoms. The van der Waals surface area contributed by atoms with E-state index in [1.54, 1.807) is 0 Å². The van der Waals surface area contributed by atoms with Crippen molar-refractivity contribution in [2.24, 2.45) is 0 Å². The molecule has 1 heterocycles. The number of hydrogen-bond donors (Lipinski definition) is 0. The van der Waals surface area contributed by atoms with Crippen molar-refractivity contribution in [2.45, 2.75) is 19.8 Å². The van der Waals surface area contributed by atoms with Gasteiger partial charge in [0.25, 0.3) is 0 Å². The average Bonchev–Trinajstić information content (AvgIpc) is 2.56. The molecule has 1 aliphatic heterocycles. The number of anilines is 1. The molecule has 0 bridgehead atoms. The van der Waals surface area contributed by atoms with E-state index in [0.29, 0.717) is 0 Å². The first-order chi connectivity index (χ1) is 6.27. The van der Waals surface area contributed by atoms with Gasteiger partial charge in [0.2, 0.25) is 0 Å². The molecule has 2 rings (SSSR count). The molecule has 1 nitrogen and oxygen atoms in total. The zero-order chi connectivity index (χ0) is 9.26. The van der Waals surface area contributed by atoms with E-state index in [1.807, 2.05) is 0 Å². The lowest BCUT2D eigenvalue weighted by atomic mass is 10.2. The number of aryl methyl sites for hydroxylation is 1. The van der Waals surface area contributed by atoms with E-state index in [2.05, 4.69) is 52.6 Å². The molecular weight excluding hydrogens is 273 g/mol. The second-order valence-electron chi connectivity index (χ2n) is 3.65. The van der Waals surface area contributed by atoms with Gasteiger partial charge in [0.1, 0.15) is 0 Å². The lowest BCUT2D eigenvalue weighted by Crippen LogP contribution is -2.18. The SMILES string of the molecule is Cc1ccc(N2CCCC2)c(I)c1. The summed E-state index contributed by atoms with van der Waals surface area (Å²) in [6.45, 7) is 4.62. The Morgan fingerprint density at radius 1 is 1.23 bits per heavy atom. The molecule has 1 aliphatic rings. The zero-order valence-corrected chi connectivity index (χ0v) is 10.0. The Bertz CT molecular complexity index is 303. The lowest BCUT2D eigenvalue weighted by molar-refractivity contribution is 0.949. The average molecular weight is 287 g/mol. The van der Waals surface area contributed by atoms with Gasteiger partial charge in [0, 0.05) is 16.7 Å². The van der Waals surface area contributed by atoms with E-state index in [-0.39, 0.29) is 0 Å². The van der Waals surface area contributed by atoms with Crippen LogP contribution in [0.2, 0.25) is 0 Å². The van der Waals surface area contributed by atoms with E-state index in [4.69, 9.17) is 0 Å². The largest absolute Gasteiger partial charge is 0.371 e. The molecule has 1 aromatic rings. The molecular formula is C11H14IN. The Morgan fingerprint density at radius 3 is 2.54 bits per heavy atom. The highest BCUT2D eigenvalue weighted by molar-refractivity contribution is 14.1. The quantitative estimate of drug-likeness (QED) is 0.717. The van der Waals surface area contributed by atoms with E-state index in [0.717, 1.165) is 0 Å². The summed E-state index contributed by atoms with van der Waals surface area (Å²) in [4.78, 5) is 2.49. The van der Waals surface area contributed by atoms with Gasteiger partial charge >= 0.3 is 0 Å². The number of halogens is 1. The molecule has 0 saturated carbocycles. The normalized spacial score (nSPS) is 16.6. The monoisotopic (exact) mass is 287 g/mol. The van der Waals surface area contributed by atoms with Crippen molar-refractivity contribution in [3.63, 3.8) is 0 Å². The first kappa shape index (κ1) is 9.31. The molecule has 0 atom stereocenters. The standard InChI is InChI=1S/C11H14IN/c1-9-4-5-11(10(12)8-9)13-6-2-3-7-13/h4-5,8H,2-3,6-7H2,1H3. The summed E-state index contributed by atoms with van der Waals surface area (Å²) in [6.07, 6.45) is 2.70. The van der Waals surface area contributed by atoms with E-state index < -0.39 is 0 Å². The van der Waals surface area contributed by atoms with Crippen LogP contribution >= 0.6 is 22.6 Å². The Kier molecular flexibility index (Phi) is 2.77. The molecule has 0 spiro atoms. The van der Waals surface area contributed by atoms with Crippen LogP contribution in [-0.2, 0) is 0 Å². The minimum absolute atomic E-state index is 1.24. The predicted molar refractivity (Wildman–Crippen MR) is 65.3 cm³/mol. The highest BCUT2D eigenvalue weighted by Gasteiger charge is 2.14. The van der Waals surface area contributed by atoms with Gasteiger partial charge in [0.05, 0.1) is 5.69 Å². The Hall–Kier alpha value is -0.250. The summed E-state index contributed by atoms with van der Waals surface area (Å²) in [5.41, 5.74) is 2.77. The fraction of sp³-hybridized carbons (Fsp3) is 0.455. The van der Waals surface area contributed by atoms with Crippen LogP contribution in [0, 0.1) is 10.5 Å². The van der Waals surface area contributed by atoms with Gasteiger partial charge < -0.3 is 4.90 Å². The zero-order valence-electron chi connectivity index (χ0n) is 7.89. The number of rotatable bonds is 1. The highest BCUT2D eigenvalue weighted by atomic mass is 127.